The van der Waals surface area contributed by atoms with E-state index >= 15 is 0 Å². The van der Waals surface area contributed by atoms with E-state index in [0.29, 0.717) is 16.6 Å². The third-order valence-corrected chi connectivity index (χ3v) is 17.0. The Kier molecular flexibility index (Phi) is 4.21. The molecule has 3 aliphatic carbocycles. The maximum Gasteiger partial charge on any atom is 0.0574 e. The fourth-order valence-corrected chi connectivity index (χ4v) is 16.3. The summed E-state index contributed by atoms with van der Waals surface area (Å²) in [6.45, 7) is 30.8. The van der Waals surface area contributed by atoms with Gasteiger partial charge < -0.3 is 0 Å². The van der Waals surface area contributed by atoms with Crippen molar-refractivity contribution in [2.24, 2.45) is 0 Å². The van der Waals surface area contributed by atoms with Crippen LogP contribution < -0.4 is 0 Å². The minimum absolute atomic E-state index is 0.607. The van der Waals surface area contributed by atoms with Gasteiger partial charge in [-0.1, -0.05) is 77.1 Å². The van der Waals surface area contributed by atoms with E-state index in [1.54, 1.807) is 82.4 Å². The molecule has 4 aromatic rings. The Hall–Kier alpha value is -1.69. The summed E-state index contributed by atoms with van der Waals surface area (Å²) in [5.41, 5.74) is 16.7. The summed E-state index contributed by atoms with van der Waals surface area (Å²) in [6, 6.07) is 8.02. The first-order valence-electron chi connectivity index (χ1n) is 14.1. The third-order valence-electron chi connectivity index (χ3n) is 9.96. The molecule has 36 heavy (non-hydrogen) atoms. The van der Waals surface area contributed by atoms with Gasteiger partial charge in [-0.25, -0.2) is 0 Å². The largest absolute Gasteiger partial charge is 0.0688 e. The lowest BCUT2D eigenvalue weighted by molar-refractivity contribution is 1.07. The second-order valence-electron chi connectivity index (χ2n) is 15.7. The molecular formula is C33H42Si3. The number of hydrogen-bond acceptors (Lipinski definition) is 0. The van der Waals surface area contributed by atoms with Gasteiger partial charge >= 0.3 is 0 Å². The van der Waals surface area contributed by atoms with Crippen LogP contribution in [-0.2, 0) is 0 Å². The monoisotopic (exact) mass is 522 g/mol. The molecule has 0 saturated carbocycles. The zero-order valence-electron chi connectivity index (χ0n) is 24.5. The van der Waals surface area contributed by atoms with Crippen LogP contribution in [0.5, 0.6) is 0 Å². The molecule has 3 atom stereocenters. The smallest absolute Gasteiger partial charge is 0.0574 e. The van der Waals surface area contributed by atoms with Crippen LogP contribution in [0.15, 0.2) is 18.2 Å². The molecule has 0 spiro atoms. The molecule has 0 bridgehead atoms. The fraction of sp³-hybridized carbons (Fsp3) is 0.455. The SMILES string of the molecule is Cc1cc2c3c4c1C([Si](C)(C)C)c1cc(C)c5c(c14)c1c(cc(C)c(c31)C2[Si](C)(C)C)C5[Si](C)(C)C. The van der Waals surface area contributed by atoms with E-state index in [-0.39, 0.29) is 0 Å². The molecular weight excluding hydrogens is 481 g/mol. The van der Waals surface area contributed by atoms with Crippen LogP contribution in [0.2, 0.25) is 58.9 Å². The Morgan fingerprint density at radius 2 is 0.611 bits per heavy atom. The molecule has 0 saturated heterocycles. The van der Waals surface area contributed by atoms with Gasteiger partial charge in [-0.2, -0.15) is 0 Å². The highest BCUT2D eigenvalue weighted by molar-refractivity contribution is 6.80. The third kappa shape index (κ3) is 2.51. The van der Waals surface area contributed by atoms with Gasteiger partial charge in [0.1, 0.15) is 0 Å². The molecule has 186 valence electrons. The van der Waals surface area contributed by atoms with Crippen LogP contribution in [0.3, 0.4) is 0 Å². The van der Waals surface area contributed by atoms with Crippen molar-refractivity contribution in [3.63, 3.8) is 0 Å². The van der Waals surface area contributed by atoms with Crippen molar-refractivity contribution in [1.82, 2.24) is 0 Å². The van der Waals surface area contributed by atoms with E-state index in [4.69, 9.17) is 0 Å². The van der Waals surface area contributed by atoms with Gasteiger partial charge in [-0.3, -0.25) is 0 Å². The number of benzene rings is 4. The van der Waals surface area contributed by atoms with E-state index in [9.17, 15) is 0 Å². The van der Waals surface area contributed by atoms with Gasteiger partial charge in [0.25, 0.3) is 0 Å². The first kappa shape index (κ1) is 23.4. The lowest BCUT2D eigenvalue weighted by Crippen LogP contribution is -2.32. The maximum atomic E-state index is 2.67. The zero-order chi connectivity index (χ0) is 26.0. The lowest BCUT2D eigenvalue weighted by Gasteiger charge is -2.31. The van der Waals surface area contributed by atoms with Gasteiger partial charge in [0.05, 0.1) is 24.2 Å². The molecule has 7 rings (SSSR count). The van der Waals surface area contributed by atoms with Crippen LogP contribution in [0, 0.1) is 20.8 Å². The van der Waals surface area contributed by atoms with Crippen LogP contribution in [0.4, 0.5) is 0 Å². The van der Waals surface area contributed by atoms with E-state index in [0.717, 1.165) is 0 Å². The molecule has 0 aliphatic heterocycles. The average Bonchev–Trinajstić information content (AvgIpc) is 3.33. The normalized spacial score (nSPS) is 22.2. The van der Waals surface area contributed by atoms with Crippen molar-refractivity contribution in [3.8, 4) is 0 Å². The van der Waals surface area contributed by atoms with Crippen LogP contribution in [0.25, 0.3) is 32.3 Å². The summed E-state index contributed by atoms with van der Waals surface area (Å²) >= 11 is 0. The standard InChI is InChI=1S/C33H42Si3/c1-16-13-19-25-28-22(16)31(34(4,5)6)20-14-17(2)24-30(26(20)28)27-21(33(24)36(10,11)12)15-18(3)23(29(25)27)32(19)35(7,8)9/h13-15,31-33H,1-12H3. The van der Waals surface area contributed by atoms with Crippen LogP contribution >= 0.6 is 0 Å². The summed E-state index contributed by atoms with van der Waals surface area (Å²) in [5, 5.41) is 10.1. The minimum Gasteiger partial charge on any atom is -0.0688 e. The maximum absolute atomic E-state index is 2.67. The van der Waals surface area contributed by atoms with E-state index in [1.165, 1.54) is 0 Å². The van der Waals surface area contributed by atoms with E-state index in [2.05, 4.69) is 97.9 Å². The van der Waals surface area contributed by atoms with Crippen molar-refractivity contribution in [3.05, 3.63) is 68.3 Å². The Morgan fingerprint density at radius 1 is 0.389 bits per heavy atom. The summed E-state index contributed by atoms with van der Waals surface area (Å²) in [6.07, 6.45) is 0. The average molecular weight is 523 g/mol. The topological polar surface area (TPSA) is 0 Å². The molecule has 3 unspecified atom stereocenters. The Morgan fingerprint density at radius 3 is 0.806 bits per heavy atom. The van der Waals surface area contributed by atoms with Gasteiger partial charge in [0.2, 0.25) is 0 Å². The molecule has 0 fully saturated rings. The summed E-state index contributed by atoms with van der Waals surface area (Å²) in [5.74, 6) is 0. The second-order valence-corrected chi connectivity index (χ2v) is 31.7. The predicted molar refractivity (Wildman–Crippen MR) is 169 cm³/mol. The molecule has 0 N–H and O–H groups in total. The number of rotatable bonds is 3. The van der Waals surface area contributed by atoms with Crippen molar-refractivity contribution in [2.75, 3.05) is 0 Å². The highest BCUT2D eigenvalue weighted by Gasteiger charge is 2.48. The molecule has 0 nitrogen and oxygen atoms in total. The molecule has 0 radical (unpaired) electrons. The molecule has 0 amide bonds. The highest BCUT2D eigenvalue weighted by Crippen LogP contribution is 2.64. The molecule has 0 heterocycles. The van der Waals surface area contributed by atoms with Gasteiger partial charge in [-0.15, -0.1) is 0 Å². The Labute approximate surface area is 220 Å². The van der Waals surface area contributed by atoms with Crippen molar-refractivity contribution < 1.29 is 0 Å². The van der Waals surface area contributed by atoms with E-state index < -0.39 is 24.2 Å². The second kappa shape index (κ2) is 6.47. The van der Waals surface area contributed by atoms with Crippen molar-refractivity contribution in [2.45, 2.75) is 96.3 Å². The zero-order valence-corrected chi connectivity index (χ0v) is 27.5. The molecule has 4 aromatic carbocycles. The van der Waals surface area contributed by atoms with Gasteiger partial charge in [0.15, 0.2) is 0 Å². The number of aryl methyl sites for hydroxylation is 3. The predicted octanol–water partition coefficient (Wildman–Crippen LogP) is 10.0. The molecule has 3 aliphatic rings. The quantitative estimate of drug-likeness (QED) is 0.185. The van der Waals surface area contributed by atoms with Crippen molar-refractivity contribution in [1.29, 1.82) is 0 Å². The van der Waals surface area contributed by atoms with Crippen LogP contribution in [-0.4, -0.2) is 24.2 Å². The Balaban J connectivity index is 1.85. The van der Waals surface area contributed by atoms with Crippen LogP contribution in [0.1, 0.15) is 66.7 Å². The first-order valence-corrected chi connectivity index (χ1v) is 24.8. The van der Waals surface area contributed by atoms with E-state index in [1.807, 2.05) is 0 Å². The first-order chi connectivity index (χ1) is 16.5. The fourth-order valence-electron chi connectivity index (χ4n) is 9.13. The minimum atomic E-state index is -1.50. The molecule has 0 aromatic heterocycles. The summed E-state index contributed by atoms with van der Waals surface area (Å²) in [4.78, 5) is 0. The van der Waals surface area contributed by atoms with Crippen molar-refractivity contribution >= 4 is 56.5 Å². The highest BCUT2D eigenvalue weighted by atomic mass is 28.3. The number of hydrogen-bond donors (Lipinski definition) is 0. The lowest BCUT2D eigenvalue weighted by atomic mass is 9.92. The summed E-state index contributed by atoms with van der Waals surface area (Å²) in [7, 11) is -4.51. The molecule has 3 heteroatoms. The summed E-state index contributed by atoms with van der Waals surface area (Å²) < 4.78 is 0. The Bertz CT molecular complexity index is 1480. The van der Waals surface area contributed by atoms with Gasteiger partial charge in [0, 0.05) is 16.6 Å². The van der Waals surface area contributed by atoms with Gasteiger partial charge in [-0.05, 0) is 103 Å².